The van der Waals surface area contributed by atoms with Crippen molar-refractivity contribution >= 4 is 16.9 Å². The van der Waals surface area contributed by atoms with Gasteiger partial charge in [-0.15, -0.1) is 0 Å². The molecule has 1 amide bonds. The van der Waals surface area contributed by atoms with Gasteiger partial charge in [0.1, 0.15) is 11.3 Å². The van der Waals surface area contributed by atoms with Crippen LogP contribution in [0.4, 0.5) is 0 Å². The summed E-state index contributed by atoms with van der Waals surface area (Å²) in [6.07, 6.45) is 0.635. The highest BCUT2D eigenvalue weighted by Crippen LogP contribution is 2.23. The van der Waals surface area contributed by atoms with Crippen molar-refractivity contribution in [1.82, 2.24) is 4.90 Å². The number of hydrogen-bond donors (Lipinski definition) is 2. The predicted octanol–water partition coefficient (Wildman–Crippen LogP) is 2.20. The van der Waals surface area contributed by atoms with E-state index in [9.17, 15) is 14.7 Å². The van der Waals surface area contributed by atoms with Gasteiger partial charge < -0.3 is 24.7 Å². The quantitative estimate of drug-likeness (QED) is 0.338. The zero-order valence-corrected chi connectivity index (χ0v) is 20.0. The lowest BCUT2D eigenvalue weighted by molar-refractivity contribution is -0.136. The second-order valence-corrected chi connectivity index (χ2v) is 9.15. The second-order valence-electron chi connectivity index (χ2n) is 9.15. The molecule has 1 aliphatic heterocycles. The fourth-order valence-corrected chi connectivity index (χ4v) is 4.30. The van der Waals surface area contributed by atoms with Crippen LogP contribution in [0.1, 0.15) is 23.1 Å². The molecule has 0 aliphatic carbocycles. The number of nitrogens with zero attached hydrogens (tertiary/aromatic N) is 1. The van der Waals surface area contributed by atoms with Crippen molar-refractivity contribution in [3.63, 3.8) is 0 Å². The molecule has 2 heterocycles. The van der Waals surface area contributed by atoms with Gasteiger partial charge in [-0.1, -0.05) is 23.8 Å². The highest BCUT2D eigenvalue weighted by molar-refractivity contribution is 5.84. The molecule has 1 unspecified atom stereocenters. The molecule has 0 radical (unpaired) electrons. The van der Waals surface area contributed by atoms with Crippen molar-refractivity contribution < 1.29 is 23.8 Å². The lowest BCUT2D eigenvalue weighted by atomic mass is 9.87. The van der Waals surface area contributed by atoms with Crippen LogP contribution in [0.15, 0.2) is 57.7 Å². The molecule has 1 aromatic heterocycles. The van der Waals surface area contributed by atoms with E-state index in [1.165, 1.54) is 0 Å². The van der Waals surface area contributed by atoms with Crippen LogP contribution < -0.4 is 16.1 Å². The van der Waals surface area contributed by atoms with E-state index in [2.05, 4.69) is 4.90 Å². The Balaban J connectivity index is 1.38. The molecule has 8 nitrogen and oxygen atoms in total. The number of morpholine rings is 1. The van der Waals surface area contributed by atoms with Crippen molar-refractivity contribution in [2.24, 2.45) is 5.73 Å². The van der Waals surface area contributed by atoms with E-state index < -0.39 is 17.1 Å². The van der Waals surface area contributed by atoms with Gasteiger partial charge in [0.2, 0.25) is 5.91 Å². The van der Waals surface area contributed by atoms with E-state index in [0.29, 0.717) is 23.5 Å². The number of carbonyl (C=O) groups is 1. The number of primary amides is 1. The third kappa shape index (κ3) is 6.48. The Hall–Kier alpha value is -3.20. The molecule has 1 atom stereocenters. The van der Waals surface area contributed by atoms with E-state index >= 15 is 0 Å². The van der Waals surface area contributed by atoms with Gasteiger partial charge in [0.25, 0.3) is 0 Å². The van der Waals surface area contributed by atoms with E-state index in [4.69, 9.17) is 19.6 Å². The highest BCUT2D eigenvalue weighted by Gasteiger charge is 2.35. The molecule has 0 saturated carbocycles. The minimum atomic E-state index is -1.94. The third-order valence-electron chi connectivity index (χ3n) is 6.31. The molecule has 0 bridgehead atoms. The molecule has 1 fully saturated rings. The predicted molar refractivity (Wildman–Crippen MR) is 133 cm³/mol. The number of ether oxygens (including phenoxy) is 2. The fourth-order valence-electron chi connectivity index (χ4n) is 4.30. The van der Waals surface area contributed by atoms with E-state index in [0.717, 1.165) is 50.2 Å². The molecule has 35 heavy (non-hydrogen) atoms. The zero-order chi connectivity index (χ0) is 24.8. The van der Waals surface area contributed by atoms with Crippen molar-refractivity contribution in [2.45, 2.75) is 31.8 Å². The van der Waals surface area contributed by atoms with Crippen LogP contribution in [0.5, 0.6) is 5.75 Å². The number of rotatable bonds is 10. The number of hydrogen-bond acceptors (Lipinski definition) is 7. The Kier molecular flexibility index (Phi) is 7.85. The Labute approximate surface area is 204 Å². The Bertz CT molecular complexity index is 1220. The van der Waals surface area contributed by atoms with Crippen molar-refractivity contribution in [2.75, 3.05) is 39.5 Å². The van der Waals surface area contributed by atoms with Crippen molar-refractivity contribution in [3.05, 3.63) is 75.6 Å². The summed E-state index contributed by atoms with van der Waals surface area (Å²) in [4.78, 5) is 27.1. The molecule has 1 saturated heterocycles. The molecule has 0 spiro atoms. The van der Waals surface area contributed by atoms with Crippen LogP contribution in [0.25, 0.3) is 11.0 Å². The third-order valence-corrected chi connectivity index (χ3v) is 6.31. The highest BCUT2D eigenvalue weighted by atomic mass is 16.5. The van der Waals surface area contributed by atoms with Crippen molar-refractivity contribution in [1.29, 1.82) is 0 Å². The first-order valence-electron chi connectivity index (χ1n) is 11.9. The van der Waals surface area contributed by atoms with Gasteiger partial charge in [0.05, 0.1) is 19.8 Å². The van der Waals surface area contributed by atoms with Crippen LogP contribution in [0.3, 0.4) is 0 Å². The smallest absolute Gasteiger partial charge is 0.339 e. The Morgan fingerprint density at radius 1 is 1.11 bits per heavy atom. The van der Waals surface area contributed by atoms with E-state index in [1.54, 1.807) is 36.4 Å². The topological polar surface area (TPSA) is 115 Å². The zero-order valence-electron chi connectivity index (χ0n) is 20.0. The summed E-state index contributed by atoms with van der Waals surface area (Å²) >= 11 is 0. The Morgan fingerprint density at radius 3 is 2.57 bits per heavy atom. The molecule has 2 aromatic carbocycles. The van der Waals surface area contributed by atoms with E-state index in [1.807, 2.05) is 19.1 Å². The van der Waals surface area contributed by atoms with Crippen LogP contribution in [-0.4, -0.2) is 61.0 Å². The van der Waals surface area contributed by atoms with Gasteiger partial charge in [-0.2, -0.15) is 0 Å². The maximum Gasteiger partial charge on any atom is 0.339 e. The maximum atomic E-state index is 12.5. The molecule has 4 rings (SSSR count). The second kappa shape index (κ2) is 11.0. The number of benzene rings is 2. The van der Waals surface area contributed by atoms with Gasteiger partial charge >= 0.3 is 5.63 Å². The molecule has 3 N–H and O–H groups in total. The number of carbonyl (C=O) groups excluding carboxylic acids is 1. The van der Waals surface area contributed by atoms with Gasteiger partial charge in [0.15, 0.2) is 5.60 Å². The van der Waals surface area contributed by atoms with Crippen LogP contribution in [0.2, 0.25) is 0 Å². The number of aryl methyl sites for hydroxylation is 1. The summed E-state index contributed by atoms with van der Waals surface area (Å²) in [5.41, 5.74) is 5.39. The summed E-state index contributed by atoms with van der Waals surface area (Å²) in [5, 5.41) is 11.8. The monoisotopic (exact) mass is 480 g/mol. The average molecular weight is 481 g/mol. The molecular weight excluding hydrogens is 448 g/mol. The first-order chi connectivity index (χ1) is 16.8. The first kappa shape index (κ1) is 24.9. The van der Waals surface area contributed by atoms with Crippen molar-refractivity contribution in [3.8, 4) is 5.75 Å². The van der Waals surface area contributed by atoms with Gasteiger partial charge in [-0.05, 0) is 49.2 Å². The molecule has 3 aromatic rings. The molecular formula is C27H32N2O6. The summed E-state index contributed by atoms with van der Waals surface area (Å²) in [7, 11) is 0. The van der Waals surface area contributed by atoms with Gasteiger partial charge in [-0.3, -0.25) is 9.69 Å². The Morgan fingerprint density at radius 2 is 1.86 bits per heavy atom. The largest absolute Gasteiger partial charge is 0.494 e. The first-order valence-corrected chi connectivity index (χ1v) is 11.9. The average Bonchev–Trinajstić information content (AvgIpc) is 2.84. The lowest BCUT2D eigenvalue weighted by Gasteiger charge is -2.26. The van der Waals surface area contributed by atoms with Gasteiger partial charge in [-0.25, -0.2) is 4.79 Å². The number of fused-ring (bicyclic) bond motifs is 1. The van der Waals surface area contributed by atoms with Crippen LogP contribution in [-0.2, 0) is 22.4 Å². The molecule has 186 valence electrons. The number of amides is 1. The summed E-state index contributed by atoms with van der Waals surface area (Å²) < 4.78 is 16.6. The maximum absolute atomic E-state index is 12.5. The van der Waals surface area contributed by atoms with Gasteiger partial charge in [0, 0.05) is 43.4 Å². The van der Waals surface area contributed by atoms with E-state index in [-0.39, 0.29) is 18.4 Å². The summed E-state index contributed by atoms with van der Waals surface area (Å²) in [5.74, 6) is -0.187. The SMILES string of the molecule is Cc1ccc2oc(=O)c(CC(O)(Cc3ccc(OCCCN4CCOCC4)cc3)C(N)=O)cc2c1. The minimum absolute atomic E-state index is 0.0368. The lowest BCUT2D eigenvalue weighted by Crippen LogP contribution is -2.48. The number of aliphatic hydroxyl groups is 1. The number of nitrogens with two attached hydrogens (primary N) is 1. The standard InChI is InChI=1S/C27H32N2O6/c1-19-3-8-24-21(15-19)16-22(25(30)35-24)18-27(32,26(28)31)17-20-4-6-23(7-5-20)34-12-2-9-29-10-13-33-14-11-29/h3-8,15-16,32H,2,9-14,17-18H2,1H3,(H2,28,31). The fraction of sp³-hybridized carbons (Fsp3) is 0.407. The van der Waals surface area contributed by atoms with Crippen LogP contribution >= 0.6 is 0 Å². The molecule has 1 aliphatic rings. The normalized spacial score (nSPS) is 16.2. The molecule has 8 heteroatoms. The minimum Gasteiger partial charge on any atom is -0.494 e. The summed E-state index contributed by atoms with van der Waals surface area (Å²) in [6, 6.07) is 14.3. The summed E-state index contributed by atoms with van der Waals surface area (Å²) in [6.45, 7) is 6.98. The van der Waals surface area contributed by atoms with Crippen LogP contribution in [0, 0.1) is 6.92 Å².